The van der Waals surface area contributed by atoms with Gasteiger partial charge in [0.2, 0.25) is 0 Å². The molecule has 59 heavy (non-hydrogen) atoms. The highest BCUT2D eigenvalue weighted by molar-refractivity contribution is 6.15. The Labute approximate surface area is 341 Å². The Hall–Kier alpha value is -7.88. The van der Waals surface area contributed by atoms with Crippen LogP contribution < -0.4 is 4.90 Å². The van der Waals surface area contributed by atoms with E-state index in [9.17, 15) is 0 Å². The summed E-state index contributed by atoms with van der Waals surface area (Å²) in [5.74, 6) is 0. The molecule has 0 aliphatic rings. The number of hydrogen-bond acceptors (Lipinski definition) is 2. The first kappa shape index (κ1) is 33.3. The molecule has 0 amide bonds. The SMILES string of the molecule is c1ccc(-n2c3ccccc3c3cc(-c4ccc(N(c5ccc(-c6cccc7c6oc6ccccc67)cc5)c5cccc6ccc7ccccc7c56)cc4)ccc32)cc1. The third kappa shape index (κ3) is 5.36. The van der Waals surface area contributed by atoms with Crippen LogP contribution in [0.5, 0.6) is 0 Å². The molecule has 0 bridgehead atoms. The minimum atomic E-state index is 0.906. The van der Waals surface area contributed by atoms with E-state index in [0.717, 1.165) is 55.8 Å². The molecule has 12 aromatic rings. The molecule has 2 aromatic heterocycles. The van der Waals surface area contributed by atoms with Gasteiger partial charge in [0.25, 0.3) is 0 Å². The fourth-order valence-electron chi connectivity index (χ4n) is 9.23. The van der Waals surface area contributed by atoms with E-state index in [2.05, 4.69) is 216 Å². The van der Waals surface area contributed by atoms with E-state index >= 15 is 0 Å². The quantitative estimate of drug-likeness (QED) is 0.158. The van der Waals surface area contributed by atoms with Crippen molar-refractivity contribution < 1.29 is 4.42 Å². The number of benzene rings is 10. The van der Waals surface area contributed by atoms with Gasteiger partial charge in [0.15, 0.2) is 0 Å². The van der Waals surface area contributed by atoms with Crippen LogP contribution in [-0.4, -0.2) is 4.57 Å². The lowest BCUT2D eigenvalue weighted by atomic mass is 9.98. The van der Waals surface area contributed by atoms with Gasteiger partial charge in [-0.05, 0) is 99.6 Å². The van der Waals surface area contributed by atoms with Crippen molar-refractivity contribution in [2.75, 3.05) is 4.90 Å². The van der Waals surface area contributed by atoms with Crippen LogP contribution >= 0.6 is 0 Å². The standard InChI is InChI=1S/C56H36N2O/c1-2-14-42(15-3-1)58-51-21-8-6-17-47(51)50-36-41(30-35-52(50)58)37-26-31-43(32-27-37)57(53-22-10-13-40-25-24-38-12-4-5-16-45(38)55(40)53)44-33-28-39(29-34-44)46-19-11-20-49-48-18-7-9-23-54(48)59-56(46)49/h1-36H. The molecule has 3 heteroatoms. The topological polar surface area (TPSA) is 21.3 Å². The highest BCUT2D eigenvalue weighted by atomic mass is 16.3. The number of hydrogen-bond donors (Lipinski definition) is 0. The maximum atomic E-state index is 6.45. The van der Waals surface area contributed by atoms with Gasteiger partial charge in [0, 0.05) is 49.6 Å². The molecule has 276 valence electrons. The molecular formula is C56H36N2O. The van der Waals surface area contributed by atoms with Crippen LogP contribution in [0.2, 0.25) is 0 Å². The van der Waals surface area contributed by atoms with Gasteiger partial charge in [-0.15, -0.1) is 0 Å². The van der Waals surface area contributed by atoms with Crippen LogP contribution in [0, 0.1) is 0 Å². The summed E-state index contributed by atoms with van der Waals surface area (Å²) in [7, 11) is 0. The lowest BCUT2D eigenvalue weighted by Crippen LogP contribution is -2.10. The van der Waals surface area contributed by atoms with Gasteiger partial charge in [0.05, 0.1) is 16.7 Å². The molecule has 0 atom stereocenters. The Morgan fingerprint density at radius 2 is 0.983 bits per heavy atom. The van der Waals surface area contributed by atoms with Gasteiger partial charge in [-0.3, -0.25) is 0 Å². The third-order valence-electron chi connectivity index (χ3n) is 12.0. The molecule has 0 aliphatic heterocycles. The maximum Gasteiger partial charge on any atom is 0.143 e. The smallest absolute Gasteiger partial charge is 0.143 e. The number of aromatic nitrogens is 1. The maximum absolute atomic E-state index is 6.45. The minimum Gasteiger partial charge on any atom is -0.455 e. The van der Waals surface area contributed by atoms with Crippen molar-refractivity contribution in [3.8, 4) is 27.9 Å². The van der Waals surface area contributed by atoms with Crippen LogP contribution in [0.15, 0.2) is 223 Å². The highest BCUT2D eigenvalue weighted by Gasteiger charge is 2.19. The summed E-state index contributed by atoms with van der Waals surface area (Å²) in [6.45, 7) is 0. The largest absolute Gasteiger partial charge is 0.455 e. The summed E-state index contributed by atoms with van der Waals surface area (Å²) in [5.41, 5.74) is 13.2. The zero-order chi connectivity index (χ0) is 38.9. The summed E-state index contributed by atoms with van der Waals surface area (Å²) in [6.07, 6.45) is 0. The van der Waals surface area contributed by atoms with Gasteiger partial charge in [-0.1, -0.05) is 152 Å². The van der Waals surface area contributed by atoms with Gasteiger partial charge in [-0.25, -0.2) is 0 Å². The second kappa shape index (κ2) is 13.4. The number of fused-ring (bicyclic) bond motifs is 9. The molecular weight excluding hydrogens is 717 g/mol. The summed E-state index contributed by atoms with van der Waals surface area (Å²) in [6, 6.07) is 78.7. The van der Waals surface area contributed by atoms with E-state index in [-0.39, 0.29) is 0 Å². The summed E-state index contributed by atoms with van der Waals surface area (Å²) in [5, 5.41) is 9.66. The normalized spacial score (nSPS) is 11.7. The monoisotopic (exact) mass is 752 g/mol. The van der Waals surface area contributed by atoms with Crippen molar-refractivity contribution >= 4 is 82.4 Å². The van der Waals surface area contributed by atoms with Crippen molar-refractivity contribution in [1.29, 1.82) is 0 Å². The molecule has 2 heterocycles. The fourth-order valence-corrected chi connectivity index (χ4v) is 9.23. The molecule has 0 spiro atoms. The van der Waals surface area contributed by atoms with Crippen molar-refractivity contribution in [1.82, 2.24) is 4.57 Å². The lowest BCUT2D eigenvalue weighted by Gasteiger charge is -2.28. The molecule has 10 aromatic carbocycles. The highest BCUT2D eigenvalue weighted by Crippen LogP contribution is 2.44. The van der Waals surface area contributed by atoms with E-state index in [0.29, 0.717) is 0 Å². The second-order valence-corrected chi connectivity index (χ2v) is 15.3. The number of furan rings is 1. The Kier molecular flexibility index (Phi) is 7.54. The first-order valence-electron chi connectivity index (χ1n) is 20.2. The second-order valence-electron chi connectivity index (χ2n) is 15.3. The zero-order valence-electron chi connectivity index (χ0n) is 32.1. The zero-order valence-corrected chi connectivity index (χ0v) is 32.1. The third-order valence-corrected chi connectivity index (χ3v) is 12.0. The van der Waals surface area contributed by atoms with E-state index in [4.69, 9.17) is 4.42 Å². The average Bonchev–Trinajstić information content (AvgIpc) is 3.86. The van der Waals surface area contributed by atoms with Crippen LogP contribution in [0.1, 0.15) is 0 Å². The van der Waals surface area contributed by atoms with Crippen LogP contribution in [0.25, 0.3) is 93.2 Å². The molecule has 0 saturated heterocycles. The number of anilines is 3. The molecule has 0 fully saturated rings. The minimum absolute atomic E-state index is 0.906. The first-order valence-corrected chi connectivity index (χ1v) is 20.2. The Bertz CT molecular complexity index is 3540. The summed E-state index contributed by atoms with van der Waals surface area (Å²) in [4.78, 5) is 2.40. The lowest BCUT2D eigenvalue weighted by molar-refractivity contribution is 0.670. The summed E-state index contributed by atoms with van der Waals surface area (Å²) >= 11 is 0. The van der Waals surface area contributed by atoms with E-state index in [1.807, 2.05) is 12.1 Å². The number of nitrogens with zero attached hydrogens (tertiary/aromatic N) is 2. The van der Waals surface area contributed by atoms with Crippen LogP contribution in [0.3, 0.4) is 0 Å². The number of para-hydroxylation sites is 4. The molecule has 0 radical (unpaired) electrons. The Morgan fingerprint density at radius 3 is 1.81 bits per heavy atom. The van der Waals surface area contributed by atoms with Crippen LogP contribution in [-0.2, 0) is 0 Å². The molecule has 0 aliphatic carbocycles. The number of rotatable bonds is 6. The molecule has 0 N–H and O–H groups in total. The predicted molar refractivity (Wildman–Crippen MR) is 249 cm³/mol. The van der Waals surface area contributed by atoms with Gasteiger partial charge < -0.3 is 13.9 Å². The van der Waals surface area contributed by atoms with E-state index < -0.39 is 0 Å². The van der Waals surface area contributed by atoms with Gasteiger partial charge in [0.1, 0.15) is 11.2 Å². The van der Waals surface area contributed by atoms with Crippen molar-refractivity contribution in [3.05, 3.63) is 218 Å². The van der Waals surface area contributed by atoms with Crippen molar-refractivity contribution in [3.63, 3.8) is 0 Å². The molecule has 0 saturated carbocycles. The van der Waals surface area contributed by atoms with E-state index in [1.165, 1.54) is 54.5 Å². The molecule has 3 nitrogen and oxygen atoms in total. The molecule has 12 rings (SSSR count). The van der Waals surface area contributed by atoms with Gasteiger partial charge in [-0.2, -0.15) is 0 Å². The summed E-state index contributed by atoms with van der Waals surface area (Å²) < 4.78 is 8.81. The predicted octanol–water partition coefficient (Wildman–Crippen LogP) is 15.8. The van der Waals surface area contributed by atoms with E-state index in [1.54, 1.807) is 0 Å². The average molecular weight is 753 g/mol. The first-order chi connectivity index (χ1) is 29.3. The van der Waals surface area contributed by atoms with Crippen molar-refractivity contribution in [2.24, 2.45) is 0 Å². The van der Waals surface area contributed by atoms with Crippen molar-refractivity contribution in [2.45, 2.75) is 0 Å². The Morgan fingerprint density at radius 1 is 0.373 bits per heavy atom. The molecule has 0 unspecified atom stereocenters. The van der Waals surface area contributed by atoms with Gasteiger partial charge >= 0.3 is 0 Å². The fraction of sp³-hybridized carbons (Fsp3) is 0. The Balaban J connectivity index is 0.993. The van der Waals surface area contributed by atoms with Crippen LogP contribution in [0.4, 0.5) is 17.1 Å².